The molecule has 2 aliphatic heterocycles. The van der Waals surface area contributed by atoms with Gasteiger partial charge in [-0.25, -0.2) is 14.4 Å². The number of carbonyl (C=O) groups is 3. The minimum absolute atomic E-state index is 0. The number of nitriles is 2. The highest BCUT2D eigenvalue weighted by molar-refractivity contribution is 5.75. The zero-order chi connectivity index (χ0) is 102. The SMILES string of the molecule is C.C=C(C)C.CC.CC.CC.CC.CC.CC.CC.CC.CC.CC.CC.CC.CC.CC.CC.CC.CC.CC1(C#N)CC1.CC1(C#N)CC1.CC1(C)CC1.CC1(C)CC1.CC1(C)CC1.CCC.CN1C[C@H](CO)OC1=O.CN1C[C@H](CO)OC1=O.CNC(=O)OCc1ccccc1.C[N+](=O)[O-].C[N+](=O)[O-].C[N+](=O)[O-].C[N+](=O)[O-].C[N+](=O)[O-].F.[2HH].[B].[HH]. The van der Waals surface area contributed by atoms with Gasteiger partial charge in [0.2, 0.25) is 0 Å². The summed E-state index contributed by atoms with van der Waals surface area (Å²) in [5.41, 5.74) is 4.60. The largest absolute Gasteiger partial charge is 0.445 e. The summed E-state index contributed by atoms with van der Waals surface area (Å²) in [7, 11) is 9.25. The molecule has 1 aromatic carbocycles. The highest BCUT2D eigenvalue weighted by atomic mass is 19.0. The van der Waals surface area contributed by atoms with Crippen LogP contribution in [-0.4, -0.2) is 166 Å². The predicted octanol–water partition coefficient (Wildman–Crippen LogP) is 29.2. The van der Waals surface area contributed by atoms with Gasteiger partial charge >= 0.3 is 18.3 Å². The molecule has 3 N–H and O–H groups in total. The fourth-order valence-electron chi connectivity index (χ4n) is 3.63. The molecule has 747 valence electrons. The summed E-state index contributed by atoms with van der Waals surface area (Å²) in [5.74, 6) is 0. The number of halogens is 1. The lowest BCUT2D eigenvalue weighted by Gasteiger charge is -2.02. The molecule has 2 atom stereocenters. The number of aliphatic hydroxyl groups excluding tert-OH is 2. The molecule has 30 heteroatoms. The Bertz CT molecular complexity index is 1930. The number of likely N-dealkylation sites (N-methyl/N-ethyl adjacent to an activating group) is 2. The number of benzene rings is 1. The molecule has 0 bridgehead atoms. The highest BCUT2D eigenvalue weighted by Gasteiger charge is 2.38. The maximum Gasteiger partial charge on any atom is 0.410 e. The Labute approximate surface area is 755 Å². The van der Waals surface area contributed by atoms with Crippen molar-refractivity contribution < 1.29 is 71.0 Å². The molecule has 121 heavy (non-hydrogen) atoms. The maximum atomic E-state index is 10.7. The Balaban J connectivity index is -0.0000000280. The van der Waals surface area contributed by atoms with Crippen molar-refractivity contribution in [3.8, 4) is 12.1 Å². The minimum atomic E-state index is -0.500. The van der Waals surface area contributed by atoms with Crippen LogP contribution < -0.4 is 5.32 Å². The summed E-state index contributed by atoms with van der Waals surface area (Å²) in [5, 5.41) is 79.8. The van der Waals surface area contributed by atoms with Crippen molar-refractivity contribution in [3.63, 3.8) is 0 Å². The van der Waals surface area contributed by atoms with Gasteiger partial charge in [-0.15, -0.1) is 6.58 Å². The molecule has 28 nitrogen and oxygen atoms in total. The van der Waals surface area contributed by atoms with Crippen LogP contribution in [-0.2, 0) is 20.8 Å². The summed E-state index contributed by atoms with van der Waals surface area (Å²) in [4.78, 5) is 76.1. The maximum absolute atomic E-state index is 10.7. The van der Waals surface area contributed by atoms with E-state index >= 15 is 0 Å². The third kappa shape index (κ3) is 310. The summed E-state index contributed by atoms with van der Waals surface area (Å²) in [6, 6.07) is 14.0. The Morgan fingerprint density at radius 3 is 0.702 bits per heavy atom. The van der Waals surface area contributed by atoms with Gasteiger partial charge in [-0.1, -0.05) is 341 Å². The third-order valence-corrected chi connectivity index (χ3v) is 10.2. The van der Waals surface area contributed by atoms with E-state index in [-0.39, 0.29) is 71.8 Å². The standard InChI is InChI=1S/C9H11NO2.2C5H9NO3.2C5H7N.3C5H10.C4H8.C3H8.17C2H6.5CH3NO2.CH4.B.FH.2H2/c1-10-9(11)12-7-8-5-3-2-4-6-8;2*1-6-2-4(3-7)9-5(6)8;2*1-5(4-6)2-3-5;3*1-5(2)3-4-5;1-4(2)3;1-3-2;17*1-2;5*1-2(3)4;;;;;/h2-6H,7H2,1H3,(H,10,11);2*4,7H,2-3H2,1H3;2*2-3H2,1H3;3*3-4H2,1-2H3;1H2,2-3H3;3H2,1-2H3;17*1-2H3;5*1H3;1H4;;3*1H/t;2*4-;;;;;;;;;;;;;;;;;;;;;;;;;;;;;;;;;;/m.11................................../s1/i;;;;;;;;;;;;;;;;;;;;;;;;;;;;;;;;;;;1+1;. The molecule has 1 aromatic rings. The molecule has 2 heterocycles. The number of rotatable bonds is 4. The molecule has 0 spiro atoms. The molecule has 7 fully saturated rings. The predicted molar refractivity (Wildman–Crippen MR) is 534 cm³/mol. The van der Waals surface area contributed by atoms with Crippen LogP contribution in [0.4, 0.5) is 19.1 Å². The molecule has 5 saturated carbocycles. The molecule has 0 aromatic heterocycles. The van der Waals surface area contributed by atoms with E-state index < -0.39 is 30.7 Å². The smallest absolute Gasteiger partial charge is 0.410 e. The van der Waals surface area contributed by atoms with Crippen molar-refractivity contribution in [3.05, 3.63) is 98.6 Å². The molecule has 0 unspecified atom stereocenters. The van der Waals surface area contributed by atoms with E-state index in [9.17, 15) is 14.4 Å². The van der Waals surface area contributed by atoms with Crippen LogP contribution in [0.15, 0.2) is 42.5 Å². The number of aliphatic hydroxyl groups is 2. The van der Waals surface area contributed by atoms with Crippen LogP contribution in [0.3, 0.4) is 0 Å². The second kappa shape index (κ2) is 167. The van der Waals surface area contributed by atoms with Crippen molar-refractivity contribution in [2.24, 2.45) is 27.1 Å². The number of amides is 3. The Hall–Kier alpha value is -7.34. The van der Waals surface area contributed by atoms with Crippen LogP contribution in [0.2, 0.25) is 0 Å². The number of alkyl carbamates (subject to hydrolysis) is 1. The number of ether oxygens (including phenoxy) is 3. The fraction of sp³-hybridized carbons (Fsp3) is 0.857. The highest BCUT2D eigenvalue weighted by Crippen LogP contribution is 2.45. The molecular weight excluding hydrogens is 1550 g/mol. The molecule has 3 amide bonds. The van der Waals surface area contributed by atoms with Gasteiger partial charge in [-0.05, 0) is 114 Å². The lowest BCUT2D eigenvalue weighted by atomic mass is 10.2. The molecule has 7 aliphatic rings. The van der Waals surface area contributed by atoms with E-state index in [1.165, 1.54) is 67.4 Å². The van der Waals surface area contributed by atoms with Gasteiger partial charge in [0, 0.05) is 57.0 Å². The molecule has 2 saturated heterocycles. The summed E-state index contributed by atoms with van der Waals surface area (Å²) < 4.78 is 14.1. The summed E-state index contributed by atoms with van der Waals surface area (Å²) >= 11 is 0. The van der Waals surface area contributed by atoms with Crippen molar-refractivity contribution in [2.75, 3.05) is 82.7 Å². The Kier molecular flexibility index (Phi) is 265. The van der Waals surface area contributed by atoms with Crippen LogP contribution in [0.1, 0.15) is 405 Å². The van der Waals surface area contributed by atoms with Gasteiger partial charge in [-0.3, -0.25) is 55.3 Å². The summed E-state index contributed by atoms with van der Waals surface area (Å²) in [6.45, 7) is 98.7. The molecule has 3 radical (unpaired) electrons. The van der Waals surface area contributed by atoms with Gasteiger partial charge in [0.1, 0.15) is 18.8 Å². The first kappa shape index (κ1) is 192. The van der Waals surface area contributed by atoms with Crippen molar-refractivity contribution in [2.45, 2.75) is 415 Å². The number of nitrogens with zero attached hydrogens (tertiary/aromatic N) is 9. The monoisotopic (exact) mass is 1770 g/mol. The van der Waals surface area contributed by atoms with E-state index in [1.54, 1.807) is 14.1 Å². The van der Waals surface area contributed by atoms with Gasteiger partial charge in [0.15, 0.2) is 35.2 Å². The van der Waals surface area contributed by atoms with Gasteiger partial charge < -0.3 is 39.5 Å². The topological polar surface area (TPSA) is 401 Å². The first-order valence-electron chi connectivity index (χ1n) is 44.1. The minimum Gasteiger partial charge on any atom is -0.445 e. The van der Waals surface area contributed by atoms with Crippen LogP contribution in [0.5, 0.6) is 0 Å². The van der Waals surface area contributed by atoms with Crippen molar-refractivity contribution in [1.29, 1.82) is 10.5 Å². The molecular formula is C91H215BFN10O18. The third-order valence-electron chi connectivity index (χ3n) is 10.2. The number of nitrogens with one attached hydrogen (secondary N) is 1. The number of nitro groups is 5. The first-order valence-corrected chi connectivity index (χ1v) is 44.1. The van der Waals surface area contributed by atoms with E-state index in [1.807, 2.05) is 293 Å². The summed E-state index contributed by atoms with van der Waals surface area (Å²) in [6.07, 6.45) is 12.7. The Morgan fingerprint density at radius 1 is 0.479 bits per heavy atom. The first-order chi connectivity index (χ1) is 55.3. The number of carbonyl (C=O) groups excluding carboxylic acids is 3. The van der Waals surface area contributed by atoms with Gasteiger partial charge in [0.05, 0.1) is 49.3 Å². The van der Waals surface area contributed by atoms with Crippen molar-refractivity contribution >= 4 is 26.7 Å². The number of cyclic esters (lactones) is 2. The molecule has 5 aliphatic carbocycles. The average molecular weight is 1770 g/mol. The van der Waals surface area contributed by atoms with Crippen LogP contribution >= 0.6 is 0 Å². The number of allylic oxidation sites excluding steroid dienone is 1. The van der Waals surface area contributed by atoms with Gasteiger partial charge in [-0.2, -0.15) is 10.5 Å². The van der Waals surface area contributed by atoms with E-state index in [0.717, 1.165) is 82.7 Å². The van der Waals surface area contributed by atoms with Gasteiger partial charge in [0.25, 0.3) is 0 Å². The average Bonchev–Trinajstić information content (AvgIpc) is 1.70. The van der Waals surface area contributed by atoms with Crippen LogP contribution in [0.25, 0.3) is 0 Å². The fourth-order valence-corrected chi connectivity index (χ4v) is 3.63. The lowest BCUT2D eigenvalue weighted by molar-refractivity contribution is -0.445. The van der Waals surface area contributed by atoms with E-state index in [0.29, 0.717) is 19.7 Å². The molecule has 8 rings (SSSR count). The zero-order valence-electron chi connectivity index (χ0n) is 89.0. The second-order valence-corrected chi connectivity index (χ2v) is 22.9. The number of hydrogen-bond donors (Lipinski definition) is 3. The normalized spacial score (nSPS) is 13.3. The van der Waals surface area contributed by atoms with E-state index in [4.69, 9.17) is 76.0 Å². The Morgan fingerprint density at radius 2 is 0.628 bits per heavy atom. The van der Waals surface area contributed by atoms with Crippen molar-refractivity contribution in [1.82, 2.24) is 15.1 Å². The zero-order valence-corrected chi connectivity index (χ0v) is 89.0. The van der Waals surface area contributed by atoms with Crippen LogP contribution in [0, 0.1) is 100 Å². The second-order valence-electron chi connectivity index (χ2n) is 22.9. The number of hydrogen-bond acceptors (Lipinski definition) is 20. The quantitative estimate of drug-likeness (QED) is 0.0828. The van der Waals surface area contributed by atoms with E-state index in [2.05, 4.69) is 88.9 Å². The lowest BCUT2D eigenvalue weighted by Crippen LogP contribution is -2.20.